The molecule has 1 aliphatic heterocycles. The summed E-state index contributed by atoms with van der Waals surface area (Å²) in [5.74, 6) is 0. The smallest absolute Gasteiger partial charge is 0.394 e. The first kappa shape index (κ1) is 11.7. The second kappa shape index (κ2) is 4.21. The summed E-state index contributed by atoms with van der Waals surface area (Å²) in [6, 6.07) is -0.0905. The molecule has 2 heterocycles. The van der Waals surface area contributed by atoms with Crippen LogP contribution in [0.4, 0.5) is 18.3 Å². The molecule has 3 nitrogen and oxygen atoms in total. The van der Waals surface area contributed by atoms with Crippen LogP contribution in [0.15, 0.2) is 6.20 Å². The van der Waals surface area contributed by atoms with Crippen molar-refractivity contribution in [3.05, 3.63) is 11.1 Å². The number of nitrogens with zero attached hydrogens (tertiary/aromatic N) is 2. The summed E-state index contributed by atoms with van der Waals surface area (Å²) in [5.41, 5.74) is 0. The highest BCUT2D eigenvalue weighted by Gasteiger charge is 2.35. The number of aliphatic hydroxyl groups excluding tert-OH is 1. The van der Waals surface area contributed by atoms with Gasteiger partial charge >= 0.3 is 6.18 Å². The van der Waals surface area contributed by atoms with E-state index in [1.165, 1.54) is 0 Å². The van der Waals surface area contributed by atoms with E-state index in [0.29, 0.717) is 23.0 Å². The monoisotopic (exact) mass is 252 g/mol. The van der Waals surface area contributed by atoms with E-state index in [-0.39, 0.29) is 12.6 Å². The van der Waals surface area contributed by atoms with Crippen LogP contribution in [-0.2, 0) is 6.18 Å². The first-order chi connectivity index (χ1) is 7.52. The minimum atomic E-state index is -4.33. The average molecular weight is 252 g/mol. The van der Waals surface area contributed by atoms with Crippen molar-refractivity contribution in [1.82, 2.24) is 4.98 Å². The Morgan fingerprint density at radius 2 is 2.31 bits per heavy atom. The molecular weight excluding hydrogens is 241 g/mol. The maximum atomic E-state index is 12.4. The van der Waals surface area contributed by atoms with Crippen molar-refractivity contribution >= 4 is 16.5 Å². The molecule has 16 heavy (non-hydrogen) atoms. The summed E-state index contributed by atoms with van der Waals surface area (Å²) < 4.78 is 37.1. The highest BCUT2D eigenvalue weighted by atomic mass is 32.1. The van der Waals surface area contributed by atoms with Crippen molar-refractivity contribution in [3.63, 3.8) is 0 Å². The fourth-order valence-corrected chi connectivity index (χ4v) is 2.69. The van der Waals surface area contributed by atoms with Crippen LogP contribution in [0, 0.1) is 0 Å². The first-order valence-corrected chi connectivity index (χ1v) is 5.74. The maximum Gasteiger partial charge on any atom is 0.427 e. The Hall–Kier alpha value is -0.820. The molecule has 1 saturated heterocycles. The van der Waals surface area contributed by atoms with Crippen LogP contribution >= 0.6 is 11.3 Å². The zero-order valence-electron chi connectivity index (χ0n) is 8.37. The Labute approximate surface area is 94.5 Å². The van der Waals surface area contributed by atoms with Crippen LogP contribution in [0.3, 0.4) is 0 Å². The largest absolute Gasteiger partial charge is 0.427 e. The summed E-state index contributed by atoms with van der Waals surface area (Å²) in [5, 5.41) is 9.43. The van der Waals surface area contributed by atoms with Crippen molar-refractivity contribution in [2.24, 2.45) is 0 Å². The summed E-state index contributed by atoms with van der Waals surface area (Å²) in [6.45, 7) is 0.622. The lowest BCUT2D eigenvalue weighted by atomic mass is 10.2. The lowest BCUT2D eigenvalue weighted by molar-refractivity contribution is -0.134. The number of hydrogen-bond donors (Lipinski definition) is 1. The van der Waals surface area contributed by atoms with Crippen LogP contribution in [0.25, 0.3) is 0 Å². The molecule has 0 amide bonds. The Balaban J connectivity index is 2.18. The summed E-state index contributed by atoms with van der Waals surface area (Å²) in [4.78, 5) is 4.84. The van der Waals surface area contributed by atoms with E-state index in [4.69, 9.17) is 5.11 Å². The van der Waals surface area contributed by atoms with Crippen LogP contribution < -0.4 is 4.90 Å². The van der Waals surface area contributed by atoms with E-state index in [9.17, 15) is 13.2 Å². The molecular formula is C9H11F3N2OS. The number of aromatic nitrogens is 1. The molecule has 1 aromatic rings. The topological polar surface area (TPSA) is 36.4 Å². The predicted molar refractivity (Wildman–Crippen MR) is 54.6 cm³/mol. The zero-order chi connectivity index (χ0) is 11.8. The van der Waals surface area contributed by atoms with Gasteiger partial charge in [0.15, 0.2) is 5.13 Å². The standard InChI is InChI=1S/C9H11F3N2OS/c10-9(11,12)7-4-13-8(16-7)14-3-1-2-6(14)5-15/h4,6,15H,1-3,5H2. The molecule has 90 valence electrons. The number of halogens is 3. The fourth-order valence-electron chi connectivity index (χ4n) is 1.81. The van der Waals surface area contributed by atoms with Gasteiger partial charge in [-0.15, -0.1) is 0 Å². The van der Waals surface area contributed by atoms with E-state index < -0.39 is 11.1 Å². The van der Waals surface area contributed by atoms with Gasteiger partial charge in [0, 0.05) is 6.54 Å². The quantitative estimate of drug-likeness (QED) is 0.876. The normalized spacial score (nSPS) is 21.8. The van der Waals surface area contributed by atoms with Crippen molar-refractivity contribution in [2.75, 3.05) is 18.1 Å². The highest BCUT2D eigenvalue weighted by Crippen LogP contribution is 2.37. The minimum Gasteiger partial charge on any atom is -0.394 e. The highest BCUT2D eigenvalue weighted by molar-refractivity contribution is 7.15. The third kappa shape index (κ3) is 2.15. The van der Waals surface area contributed by atoms with Gasteiger partial charge in [-0.05, 0) is 12.8 Å². The third-order valence-electron chi connectivity index (χ3n) is 2.61. The van der Waals surface area contributed by atoms with Gasteiger partial charge in [0.05, 0.1) is 18.8 Å². The molecule has 0 spiro atoms. The Kier molecular flexibility index (Phi) is 3.07. The van der Waals surface area contributed by atoms with Gasteiger partial charge in [-0.25, -0.2) is 4.98 Å². The third-order valence-corrected chi connectivity index (χ3v) is 3.69. The van der Waals surface area contributed by atoms with Gasteiger partial charge in [-0.2, -0.15) is 13.2 Å². The summed E-state index contributed by atoms with van der Waals surface area (Å²) >= 11 is 0.635. The number of thiazole rings is 1. The Bertz CT molecular complexity index is 366. The average Bonchev–Trinajstić information content (AvgIpc) is 2.84. The van der Waals surface area contributed by atoms with Gasteiger partial charge < -0.3 is 10.0 Å². The maximum absolute atomic E-state index is 12.4. The van der Waals surface area contributed by atoms with Gasteiger partial charge in [0.1, 0.15) is 4.88 Å². The van der Waals surface area contributed by atoms with Gasteiger partial charge in [-0.3, -0.25) is 0 Å². The predicted octanol–water partition coefficient (Wildman–Crippen LogP) is 2.12. The summed E-state index contributed by atoms with van der Waals surface area (Å²) in [7, 11) is 0. The van der Waals surface area contributed by atoms with Gasteiger partial charge in [-0.1, -0.05) is 11.3 Å². The zero-order valence-corrected chi connectivity index (χ0v) is 9.18. The number of hydrogen-bond acceptors (Lipinski definition) is 4. The molecule has 0 radical (unpaired) electrons. The lowest BCUT2D eigenvalue weighted by Gasteiger charge is -2.21. The SMILES string of the molecule is OCC1CCCN1c1ncc(C(F)(F)F)s1. The fraction of sp³-hybridized carbons (Fsp3) is 0.667. The molecule has 1 fully saturated rings. The first-order valence-electron chi connectivity index (χ1n) is 4.93. The lowest BCUT2D eigenvalue weighted by Crippen LogP contribution is -2.31. The van der Waals surface area contributed by atoms with E-state index in [1.807, 2.05) is 0 Å². The van der Waals surface area contributed by atoms with Crippen molar-refractivity contribution < 1.29 is 18.3 Å². The van der Waals surface area contributed by atoms with Crippen LogP contribution in [0.5, 0.6) is 0 Å². The molecule has 0 aliphatic carbocycles. The van der Waals surface area contributed by atoms with E-state index in [1.54, 1.807) is 4.90 Å². The van der Waals surface area contributed by atoms with Crippen molar-refractivity contribution in [3.8, 4) is 0 Å². The van der Waals surface area contributed by atoms with E-state index in [2.05, 4.69) is 4.98 Å². The molecule has 1 unspecified atom stereocenters. The molecule has 7 heteroatoms. The second-order valence-electron chi connectivity index (χ2n) is 3.68. The molecule has 1 aliphatic rings. The second-order valence-corrected chi connectivity index (χ2v) is 4.69. The molecule has 1 atom stereocenters. The molecule has 0 saturated carbocycles. The summed E-state index contributed by atoms with van der Waals surface area (Å²) in [6.07, 6.45) is -1.79. The van der Waals surface area contributed by atoms with Crippen molar-refractivity contribution in [2.45, 2.75) is 25.1 Å². The molecule has 1 aromatic heterocycles. The van der Waals surface area contributed by atoms with Crippen LogP contribution in [0.2, 0.25) is 0 Å². The molecule has 1 N–H and O–H groups in total. The van der Waals surface area contributed by atoms with Gasteiger partial charge in [0.25, 0.3) is 0 Å². The molecule has 2 rings (SSSR count). The number of aliphatic hydroxyl groups is 1. The Morgan fingerprint density at radius 1 is 1.56 bits per heavy atom. The van der Waals surface area contributed by atoms with Gasteiger partial charge in [0.2, 0.25) is 0 Å². The van der Waals surface area contributed by atoms with E-state index >= 15 is 0 Å². The molecule has 0 bridgehead atoms. The molecule has 0 aromatic carbocycles. The van der Waals surface area contributed by atoms with Crippen molar-refractivity contribution in [1.29, 1.82) is 0 Å². The minimum absolute atomic E-state index is 0.0407. The van der Waals surface area contributed by atoms with E-state index in [0.717, 1.165) is 19.0 Å². The number of anilines is 1. The number of alkyl halides is 3. The van der Waals surface area contributed by atoms with Crippen LogP contribution in [0.1, 0.15) is 17.7 Å². The van der Waals surface area contributed by atoms with Crippen LogP contribution in [-0.4, -0.2) is 29.3 Å². The Morgan fingerprint density at radius 3 is 2.88 bits per heavy atom. The number of rotatable bonds is 2.